The molecule has 1 aliphatic rings. The van der Waals surface area contributed by atoms with Gasteiger partial charge in [-0.15, -0.1) is 0 Å². The summed E-state index contributed by atoms with van der Waals surface area (Å²) in [6.45, 7) is 2.46. The summed E-state index contributed by atoms with van der Waals surface area (Å²) in [6, 6.07) is 5.98. The fourth-order valence-electron chi connectivity index (χ4n) is 1.89. The standard InChI is InChI=1S/C12H15NO3/c1-8-7-9(3-4-11(8)15-2)10-5-6-16-12(14)13-10/h3-4,7,10H,5-6H2,1-2H3,(H,13,14)/t10-/m1/s1. The molecule has 0 spiro atoms. The van der Waals surface area contributed by atoms with Crippen molar-refractivity contribution in [1.82, 2.24) is 5.32 Å². The van der Waals surface area contributed by atoms with E-state index in [4.69, 9.17) is 9.47 Å². The zero-order chi connectivity index (χ0) is 11.5. The van der Waals surface area contributed by atoms with Gasteiger partial charge in [-0.1, -0.05) is 12.1 Å². The molecule has 1 heterocycles. The molecule has 0 saturated carbocycles. The maximum absolute atomic E-state index is 11.1. The molecule has 4 heteroatoms. The van der Waals surface area contributed by atoms with Gasteiger partial charge >= 0.3 is 6.09 Å². The molecule has 2 rings (SSSR count). The molecule has 1 aromatic carbocycles. The van der Waals surface area contributed by atoms with Crippen LogP contribution in [0.4, 0.5) is 4.79 Å². The van der Waals surface area contributed by atoms with E-state index in [0.29, 0.717) is 6.61 Å². The van der Waals surface area contributed by atoms with Crippen LogP contribution in [0.1, 0.15) is 23.6 Å². The van der Waals surface area contributed by atoms with Crippen LogP contribution in [0, 0.1) is 6.92 Å². The van der Waals surface area contributed by atoms with E-state index in [9.17, 15) is 4.79 Å². The highest BCUT2D eigenvalue weighted by atomic mass is 16.5. The normalized spacial score (nSPS) is 19.9. The van der Waals surface area contributed by atoms with Crippen molar-refractivity contribution in [3.8, 4) is 5.75 Å². The van der Waals surface area contributed by atoms with Crippen LogP contribution in [0.25, 0.3) is 0 Å². The molecular formula is C12H15NO3. The number of carbonyl (C=O) groups excluding carboxylic acids is 1. The average Bonchev–Trinajstić information content (AvgIpc) is 2.29. The van der Waals surface area contributed by atoms with Gasteiger partial charge < -0.3 is 14.8 Å². The van der Waals surface area contributed by atoms with Gasteiger partial charge in [0.15, 0.2) is 0 Å². The second kappa shape index (κ2) is 4.43. The second-order valence-corrected chi connectivity index (χ2v) is 3.85. The number of rotatable bonds is 2. The van der Waals surface area contributed by atoms with Crippen molar-refractivity contribution in [1.29, 1.82) is 0 Å². The van der Waals surface area contributed by atoms with Crippen molar-refractivity contribution in [2.45, 2.75) is 19.4 Å². The number of amides is 1. The van der Waals surface area contributed by atoms with Crippen molar-refractivity contribution in [2.24, 2.45) is 0 Å². The number of benzene rings is 1. The number of nitrogens with one attached hydrogen (secondary N) is 1. The Morgan fingerprint density at radius 1 is 1.50 bits per heavy atom. The number of ether oxygens (including phenoxy) is 2. The van der Waals surface area contributed by atoms with Crippen molar-refractivity contribution in [2.75, 3.05) is 13.7 Å². The van der Waals surface area contributed by atoms with Gasteiger partial charge in [0.1, 0.15) is 5.75 Å². The van der Waals surface area contributed by atoms with Gasteiger partial charge in [-0.25, -0.2) is 4.79 Å². The molecule has 1 fully saturated rings. The Kier molecular flexibility index (Phi) is 2.99. The highest BCUT2D eigenvalue weighted by molar-refractivity contribution is 5.68. The van der Waals surface area contributed by atoms with E-state index in [-0.39, 0.29) is 12.1 Å². The van der Waals surface area contributed by atoms with Crippen LogP contribution >= 0.6 is 0 Å². The van der Waals surface area contributed by atoms with Gasteiger partial charge in [-0.2, -0.15) is 0 Å². The number of aryl methyl sites for hydroxylation is 1. The van der Waals surface area contributed by atoms with E-state index in [2.05, 4.69) is 5.32 Å². The lowest BCUT2D eigenvalue weighted by Gasteiger charge is -2.24. The van der Waals surface area contributed by atoms with E-state index in [1.54, 1.807) is 7.11 Å². The van der Waals surface area contributed by atoms with Crippen molar-refractivity contribution < 1.29 is 14.3 Å². The van der Waals surface area contributed by atoms with Crippen molar-refractivity contribution >= 4 is 6.09 Å². The Morgan fingerprint density at radius 3 is 2.94 bits per heavy atom. The zero-order valence-electron chi connectivity index (χ0n) is 9.45. The summed E-state index contributed by atoms with van der Waals surface area (Å²) < 4.78 is 10.0. The van der Waals surface area contributed by atoms with Crippen LogP contribution in [0.2, 0.25) is 0 Å². The summed E-state index contributed by atoms with van der Waals surface area (Å²) >= 11 is 0. The van der Waals surface area contributed by atoms with E-state index in [0.717, 1.165) is 23.3 Å². The lowest BCUT2D eigenvalue weighted by Crippen LogP contribution is -2.35. The first-order valence-corrected chi connectivity index (χ1v) is 5.28. The largest absolute Gasteiger partial charge is 0.496 e. The minimum Gasteiger partial charge on any atom is -0.496 e. The SMILES string of the molecule is COc1ccc([C@H]2CCOC(=O)N2)cc1C. The lowest BCUT2D eigenvalue weighted by molar-refractivity contribution is 0.115. The molecule has 1 saturated heterocycles. The van der Waals surface area contributed by atoms with Gasteiger partial charge in [0, 0.05) is 6.42 Å². The van der Waals surface area contributed by atoms with Crippen molar-refractivity contribution in [3.05, 3.63) is 29.3 Å². The predicted octanol–water partition coefficient (Wildman–Crippen LogP) is 2.17. The molecular weight excluding hydrogens is 206 g/mol. The minimum atomic E-state index is -0.343. The summed E-state index contributed by atoms with van der Waals surface area (Å²) in [5, 5.41) is 2.80. The first-order valence-electron chi connectivity index (χ1n) is 5.28. The molecule has 1 aromatic rings. The summed E-state index contributed by atoms with van der Waals surface area (Å²) in [6.07, 6.45) is 0.460. The smallest absolute Gasteiger partial charge is 0.407 e. The van der Waals surface area contributed by atoms with Crippen LogP contribution in [0.3, 0.4) is 0 Å². The summed E-state index contributed by atoms with van der Waals surface area (Å²) in [5.74, 6) is 0.863. The number of hydrogen-bond donors (Lipinski definition) is 1. The van der Waals surface area contributed by atoms with Crippen LogP contribution in [-0.2, 0) is 4.74 Å². The maximum Gasteiger partial charge on any atom is 0.407 e. The highest BCUT2D eigenvalue weighted by Gasteiger charge is 2.20. The van der Waals surface area contributed by atoms with Gasteiger partial charge in [0.25, 0.3) is 0 Å². The fraction of sp³-hybridized carbons (Fsp3) is 0.417. The number of methoxy groups -OCH3 is 1. The monoisotopic (exact) mass is 221 g/mol. The Morgan fingerprint density at radius 2 is 2.31 bits per heavy atom. The number of alkyl carbamates (subject to hydrolysis) is 1. The summed E-state index contributed by atoms with van der Waals surface area (Å²) in [7, 11) is 1.65. The Bertz CT molecular complexity index is 403. The van der Waals surface area contributed by atoms with Gasteiger partial charge in [-0.3, -0.25) is 0 Å². The van der Waals surface area contributed by atoms with Gasteiger partial charge in [-0.05, 0) is 24.1 Å². The zero-order valence-corrected chi connectivity index (χ0v) is 9.45. The topological polar surface area (TPSA) is 47.6 Å². The highest BCUT2D eigenvalue weighted by Crippen LogP contribution is 2.25. The minimum absolute atomic E-state index is 0.0471. The molecule has 0 aliphatic carbocycles. The van der Waals surface area contributed by atoms with E-state index in [1.807, 2.05) is 25.1 Å². The van der Waals surface area contributed by atoms with Crippen LogP contribution < -0.4 is 10.1 Å². The van der Waals surface area contributed by atoms with Crippen LogP contribution in [0.15, 0.2) is 18.2 Å². The van der Waals surface area contributed by atoms with E-state index in [1.165, 1.54) is 0 Å². The van der Waals surface area contributed by atoms with Crippen molar-refractivity contribution in [3.63, 3.8) is 0 Å². The Balaban J connectivity index is 2.20. The molecule has 0 aromatic heterocycles. The molecule has 0 bridgehead atoms. The second-order valence-electron chi connectivity index (χ2n) is 3.85. The Hall–Kier alpha value is -1.71. The first kappa shape index (κ1) is 10.8. The molecule has 86 valence electrons. The van der Waals surface area contributed by atoms with E-state index >= 15 is 0 Å². The van der Waals surface area contributed by atoms with Gasteiger partial charge in [0.2, 0.25) is 0 Å². The van der Waals surface area contributed by atoms with Crippen LogP contribution in [0.5, 0.6) is 5.75 Å². The first-order chi connectivity index (χ1) is 7.70. The lowest BCUT2D eigenvalue weighted by atomic mass is 10.0. The third-order valence-corrected chi connectivity index (χ3v) is 2.75. The molecule has 1 atom stereocenters. The predicted molar refractivity (Wildman–Crippen MR) is 59.6 cm³/mol. The Labute approximate surface area is 94.6 Å². The maximum atomic E-state index is 11.1. The molecule has 0 radical (unpaired) electrons. The quantitative estimate of drug-likeness (QED) is 0.832. The summed E-state index contributed by atoms with van der Waals surface area (Å²) in [4.78, 5) is 11.1. The average molecular weight is 221 g/mol. The number of hydrogen-bond acceptors (Lipinski definition) is 3. The molecule has 16 heavy (non-hydrogen) atoms. The molecule has 0 unspecified atom stereocenters. The molecule has 1 amide bonds. The summed E-state index contributed by atoms with van der Waals surface area (Å²) in [5.41, 5.74) is 2.16. The molecule has 1 N–H and O–H groups in total. The fourth-order valence-corrected chi connectivity index (χ4v) is 1.89. The van der Waals surface area contributed by atoms with Gasteiger partial charge in [0.05, 0.1) is 19.8 Å². The van der Waals surface area contributed by atoms with E-state index < -0.39 is 0 Å². The molecule has 4 nitrogen and oxygen atoms in total. The third kappa shape index (κ3) is 2.10. The van der Waals surface area contributed by atoms with Crippen LogP contribution in [-0.4, -0.2) is 19.8 Å². The third-order valence-electron chi connectivity index (χ3n) is 2.75. The molecule has 1 aliphatic heterocycles. The number of carbonyl (C=O) groups is 1. The number of cyclic esters (lactones) is 1.